The smallest absolute Gasteiger partial charge is 0.144 e. The Morgan fingerprint density at radius 2 is 1.90 bits per heavy atom. The van der Waals surface area contributed by atoms with Gasteiger partial charge in [0.15, 0.2) is 0 Å². The van der Waals surface area contributed by atoms with Gasteiger partial charge in [0, 0.05) is 12.2 Å². The summed E-state index contributed by atoms with van der Waals surface area (Å²) in [5, 5.41) is 3.58. The van der Waals surface area contributed by atoms with Crippen LogP contribution in [0.2, 0.25) is 0 Å². The second-order valence-corrected chi connectivity index (χ2v) is 6.43. The molecule has 0 unspecified atom stereocenters. The van der Waals surface area contributed by atoms with Gasteiger partial charge < -0.3 is 11.1 Å². The van der Waals surface area contributed by atoms with Crippen molar-refractivity contribution in [3.63, 3.8) is 0 Å². The van der Waals surface area contributed by atoms with E-state index in [9.17, 15) is 0 Å². The molecule has 0 saturated heterocycles. The summed E-state index contributed by atoms with van der Waals surface area (Å²) >= 11 is 0. The van der Waals surface area contributed by atoms with E-state index in [1.54, 1.807) is 12.3 Å². The normalized spacial score (nSPS) is 13.1. The molecule has 0 aliphatic rings. The highest BCUT2D eigenvalue weighted by Gasteiger charge is 2.27. The lowest BCUT2D eigenvalue weighted by Crippen LogP contribution is -2.33. The van der Waals surface area contributed by atoms with E-state index in [4.69, 9.17) is 5.73 Å². The maximum Gasteiger partial charge on any atom is 0.144 e. The van der Waals surface area contributed by atoms with Crippen LogP contribution >= 0.6 is 0 Å². The van der Waals surface area contributed by atoms with Gasteiger partial charge in [0.2, 0.25) is 0 Å². The Hall–Kier alpha value is -1.94. The molecule has 1 aromatic carbocycles. The van der Waals surface area contributed by atoms with E-state index >= 15 is 0 Å². The summed E-state index contributed by atoms with van der Waals surface area (Å²) in [6.07, 6.45) is 1.69. The molecule has 3 N–H and O–H groups in total. The number of hydrogen-bond donors (Lipinski definition) is 2. The predicted octanol–water partition coefficient (Wildman–Crippen LogP) is 3.24. The molecule has 1 heterocycles. The van der Waals surface area contributed by atoms with Gasteiger partial charge in [-0.3, -0.25) is 0 Å². The maximum atomic E-state index is 5.71. The molecular weight excluding hydrogens is 260 g/mol. The lowest BCUT2D eigenvalue weighted by Gasteiger charge is -2.33. The number of anilines is 1. The Morgan fingerprint density at radius 1 is 1.19 bits per heavy atom. The molecule has 4 nitrogen and oxygen atoms in total. The zero-order valence-corrected chi connectivity index (χ0v) is 13.2. The van der Waals surface area contributed by atoms with Crippen molar-refractivity contribution in [3.05, 3.63) is 53.5 Å². The zero-order valence-electron chi connectivity index (χ0n) is 13.2. The van der Waals surface area contributed by atoms with Crippen LogP contribution in [-0.4, -0.2) is 9.97 Å². The topological polar surface area (TPSA) is 63.8 Å². The number of hydrogen-bond acceptors (Lipinski definition) is 4. The van der Waals surface area contributed by atoms with Crippen LogP contribution in [0.3, 0.4) is 0 Å². The number of nitrogens with one attached hydrogen (secondary N) is 1. The van der Waals surface area contributed by atoms with Crippen LogP contribution in [0, 0.1) is 12.3 Å². The molecule has 0 aliphatic carbocycles. The van der Waals surface area contributed by atoms with Crippen LogP contribution in [0.4, 0.5) is 5.82 Å². The van der Waals surface area contributed by atoms with E-state index in [2.05, 4.69) is 67.2 Å². The fraction of sp³-hybridized carbons (Fsp3) is 0.412. The number of nitrogens with two attached hydrogens (primary N) is 1. The lowest BCUT2D eigenvalue weighted by atomic mass is 9.81. The van der Waals surface area contributed by atoms with E-state index in [1.807, 2.05) is 0 Å². The summed E-state index contributed by atoms with van der Waals surface area (Å²) in [5.41, 5.74) is 8.40. The Labute approximate surface area is 126 Å². The molecule has 1 atom stereocenters. The molecule has 0 radical (unpaired) electrons. The number of nitrogens with zero attached hydrogens (tertiary/aromatic N) is 2. The summed E-state index contributed by atoms with van der Waals surface area (Å²) < 4.78 is 0. The van der Waals surface area contributed by atoms with Crippen molar-refractivity contribution in [1.82, 2.24) is 15.3 Å². The van der Waals surface area contributed by atoms with Gasteiger partial charge in [0.1, 0.15) is 11.6 Å². The molecular formula is C17H24N4. The summed E-state index contributed by atoms with van der Waals surface area (Å²) in [6, 6.07) is 10.4. The number of benzene rings is 1. The Morgan fingerprint density at radius 3 is 2.52 bits per heavy atom. The molecule has 1 aromatic heterocycles. The quantitative estimate of drug-likeness (QED) is 0.904. The van der Waals surface area contributed by atoms with Crippen molar-refractivity contribution in [2.75, 3.05) is 5.73 Å². The van der Waals surface area contributed by atoms with Crippen LogP contribution in [-0.2, 0) is 6.54 Å². The average Bonchev–Trinajstić information content (AvgIpc) is 2.39. The predicted molar refractivity (Wildman–Crippen MR) is 86.7 cm³/mol. The Bertz CT molecular complexity index is 602. The number of rotatable bonds is 4. The largest absolute Gasteiger partial charge is 0.384 e. The van der Waals surface area contributed by atoms with Crippen molar-refractivity contribution in [1.29, 1.82) is 0 Å². The van der Waals surface area contributed by atoms with E-state index in [0.717, 1.165) is 5.82 Å². The third-order valence-corrected chi connectivity index (χ3v) is 3.56. The molecule has 0 saturated carbocycles. The van der Waals surface area contributed by atoms with Crippen molar-refractivity contribution >= 4 is 5.82 Å². The van der Waals surface area contributed by atoms with E-state index < -0.39 is 0 Å². The molecule has 0 fully saturated rings. The molecule has 112 valence electrons. The first-order valence-electron chi connectivity index (χ1n) is 7.24. The minimum atomic E-state index is 0.0897. The highest BCUT2D eigenvalue weighted by molar-refractivity contribution is 5.30. The molecule has 0 spiro atoms. The van der Waals surface area contributed by atoms with Gasteiger partial charge in [-0.2, -0.15) is 0 Å². The van der Waals surface area contributed by atoms with Crippen LogP contribution < -0.4 is 11.1 Å². The van der Waals surface area contributed by atoms with Crippen LogP contribution in [0.15, 0.2) is 36.5 Å². The van der Waals surface area contributed by atoms with Gasteiger partial charge in [0.25, 0.3) is 0 Å². The van der Waals surface area contributed by atoms with E-state index in [-0.39, 0.29) is 11.5 Å². The van der Waals surface area contributed by atoms with Crippen molar-refractivity contribution in [2.45, 2.75) is 40.3 Å². The number of aromatic nitrogens is 2. The Balaban J connectivity index is 2.21. The second kappa shape index (κ2) is 6.22. The first kappa shape index (κ1) is 15.4. The van der Waals surface area contributed by atoms with Crippen molar-refractivity contribution in [3.8, 4) is 0 Å². The fourth-order valence-corrected chi connectivity index (χ4v) is 2.49. The lowest BCUT2D eigenvalue weighted by molar-refractivity contribution is 0.268. The van der Waals surface area contributed by atoms with Gasteiger partial charge in [-0.05, 0) is 29.5 Å². The molecule has 4 heteroatoms. The van der Waals surface area contributed by atoms with Gasteiger partial charge in [0.05, 0.1) is 6.54 Å². The monoisotopic (exact) mass is 284 g/mol. The van der Waals surface area contributed by atoms with Gasteiger partial charge in [-0.15, -0.1) is 0 Å². The summed E-state index contributed by atoms with van der Waals surface area (Å²) in [6.45, 7) is 9.44. The van der Waals surface area contributed by atoms with Gasteiger partial charge in [-0.1, -0.05) is 45.0 Å². The van der Waals surface area contributed by atoms with Crippen molar-refractivity contribution in [2.24, 2.45) is 5.41 Å². The fourth-order valence-electron chi connectivity index (χ4n) is 2.49. The molecule has 2 aromatic rings. The molecule has 0 amide bonds. The highest BCUT2D eigenvalue weighted by atomic mass is 15.0. The van der Waals surface area contributed by atoms with E-state index in [1.165, 1.54) is 11.1 Å². The van der Waals surface area contributed by atoms with Crippen LogP contribution in [0.25, 0.3) is 0 Å². The van der Waals surface area contributed by atoms with Crippen LogP contribution in [0.1, 0.15) is 43.8 Å². The molecule has 2 rings (SSSR count). The molecule has 21 heavy (non-hydrogen) atoms. The zero-order chi connectivity index (χ0) is 15.5. The summed E-state index contributed by atoms with van der Waals surface area (Å²) in [7, 11) is 0. The molecule has 0 bridgehead atoms. The summed E-state index contributed by atoms with van der Waals surface area (Å²) in [5.74, 6) is 1.22. The first-order valence-corrected chi connectivity index (χ1v) is 7.24. The first-order chi connectivity index (χ1) is 9.88. The minimum Gasteiger partial charge on any atom is -0.384 e. The van der Waals surface area contributed by atoms with Gasteiger partial charge >= 0.3 is 0 Å². The third kappa shape index (κ3) is 4.02. The number of nitrogen functional groups attached to an aromatic ring is 1. The second-order valence-electron chi connectivity index (χ2n) is 6.43. The third-order valence-electron chi connectivity index (χ3n) is 3.56. The average molecular weight is 284 g/mol. The number of aryl methyl sites for hydroxylation is 1. The van der Waals surface area contributed by atoms with E-state index in [0.29, 0.717) is 12.4 Å². The molecule has 0 aliphatic heterocycles. The SMILES string of the molecule is Cc1ccccc1[C@@H](NCc1nccc(N)n1)C(C)(C)C. The Kier molecular flexibility index (Phi) is 4.58. The standard InChI is InChI=1S/C17H24N4/c1-12-7-5-6-8-13(12)16(17(2,3)4)20-11-15-19-10-9-14(18)21-15/h5-10,16,20H,11H2,1-4H3,(H2,18,19,21)/t16-/m1/s1. The van der Waals surface area contributed by atoms with Crippen LogP contribution in [0.5, 0.6) is 0 Å². The van der Waals surface area contributed by atoms with Gasteiger partial charge in [-0.25, -0.2) is 9.97 Å². The highest BCUT2D eigenvalue weighted by Crippen LogP contribution is 2.34. The van der Waals surface area contributed by atoms with Crippen molar-refractivity contribution < 1.29 is 0 Å². The minimum absolute atomic E-state index is 0.0897. The maximum absolute atomic E-state index is 5.71. The summed E-state index contributed by atoms with van der Waals surface area (Å²) in [4.78, 5) is 8.50.